The second-order valence-electron chi connectivity index (χ2n) is 10.6. The van der Waals surface area contributed by atoms with Crippen LogP contribution in [0.25, 0.3) is 0 Å². The Kier molecular flexibility index (Phi) is 9.48. The molecule has 7 nitrogen and oxygen atoms in total. The fourth-order valence-corrected chi connectivity index (χ4v) is 5.67. The van der Waals surface area contributed by atoms with Gasteiger partial charge in [0.15, 0.2) is 0 Å². The van der Waals surface area contributed by atoms with E-state index in [0.29, 0.717) is 38.3 Å². The number of halogens is 3. The van der Waals surface area contributed by atoms with E-state index in [2.05, 4.69) is 41.4 Å². The van der Waals surface area contributed by atoms with Crippen LogP contribution in [0.4, 0.5) is 24.5 Å². The number of carbonyl (C=O) groups excluding carboxylic acids is 1. The molecule has 1 amide bonds. The van der Waals surface area contributed by atoms with Crippen LogP contribution in [0.3, 0.4) is 0 Å². The van der Waals surface area contributed by atoms with E-state index in [1.807, 2.05) is 4.90 Å². The molecule has 0 aromatic heterocycles. The molecule has 2 saturated heterocycles. The van der Waals surface area contributed by atoms with Gasteiger partial charge in [0.25, 0.3) is 5.69 Å². The fraction of sp³-hybridized carbons (Fsp3) is 0.552. The second-order valence-corrected chi connectivity index (χ2v) is 10.6. The largest absolute Gasteiger partial charge is 0.423 e. The SMILES string of the molecule is CCCc1ccc(C2CCN(CCC(=O)N3CCC(Nc4ccc([N+](=O)[O-])c(C(F)(F)F)c4)CC3)CC2)cc1. The summed E-state index contributed by atoms with van der Waals surface area (Å²) in [6.07, 6.45) is 1.31. The van der Waals surface area contributed by atoms with Crippen LogP contribution in [0.5, 0.6) is 0 Å². The number of nitro benzene ring substituents is 1. The van der Waals surface area contributed by atoms with E-state index in [0.717, 1.165) is 57.5 Å². The number of anilines is 1. The van der Waals surface area contributed by atoms with Gasteiger partial charge < -0.3 is 15.1 Å². The van der Waals surface area contributed by atoms with E-state index < -0.39 is 22.4 Å². The van der Waals surface area contributed by atoms with Gasteiger partial charge in [-0.25, -0.2) is 0 Å². The minimum absolute atomic E-state index is 0.105. The first-order valence-corrected chi connectivity index (χ1v) is 13.8. The van der Waals surface area contributed by atoms with Crippen molar-refractivity contribution in [1.82, 2.24) is 9.80 Å². The number of nitro groups is 1. The van der Waals surface area contributed by atoms with Crippen LogP contribution in [0.1, 0.15) is 68.1 Å². The highest BCUT2D eigenvalue weighted by Gasteiger charge is 2.38. The molecule has 10 heteroatoms. The summed E-state index contributed by atoms with van der Waals surface area (Å²) in [5.74, 6) is 0.680. The third kappa shape index (κ3) is 7.71. The lowest BCUT2D eigenvalue weighted by Crippen LogP contribution is -2.43. The van der Waals surface area contributed by atoms with Crippen LogP contribution >= 0.6 is 0 Å². The fourth-order valence-electron chi connectivity index (χ4n) is 5.67. The van der Waals surface area contributed by atoms with E-state index in [1.165, 1.54) is 17.2 Å². The molecule has 0 saturated carbocycles. The molecule has 0 atom stereocenters. The highest BCUT2D eigenvalue weighted by atomic mass is 19.4. The molecule has 2 heterocycles. The van der Waals surface area contributed by atoms with Crippen LogP contribution < -0.4 is 5.32 Å². The molecule has 2 aromatic rings. The van der Waals surface area contributed by atoms with Crippen LogP contribution in [0, 0.1) is 10.1 Å². The lowest BCUT2D eigenvalue weighted by atomic mass is 9.88. The molecule has 0 bridgehead atoms. The van der Waals surface area contributed by atoms with Gasteiger partial charge in [-0.1, -0.05) is 37.6 Å². The van der Waals surface area contributed by atoms with Crippen molar-refractivity contribution in [3.05, 3.63) is 69.3 Å². The van der Waals surface area contributed by atoms with Crippen molar-refractivity contribution in [2.24, 2.45) is 0 Å². The number of rotatable bonds is 9. The number of nitrogens with one attached hydrogen (secondary N) is 1. The highest BCUT2D eigenvalue weighted by Crippen LogP contribution is 2.38. The molecule has 1 N–H and O–H groups in total. The first kappa shape index (κ1) is 28.9. The highest BCUT2D eigenvalue weighted by molar-refractivity contribution is 5.76. The number of amides is 1. The van der Waals surface area contributed by atoms with Gasteiger partial charge in [-0.3, -0.25) is 14.9 Å². The maximum atomic E-state index is 13.3. The van der Waals surface area contributed by atoms with Gasteiger partial charge in [0.2, 0.25) is 5.91 Å². The Labute approximate surface area is 227 Å². The molecule has 39 heavy (non-hydrogen) atoms. The molecule has 2 aliphatic rings. The van der Waals surface area contributed by atoms with Crippen molar-refractivity contribution >= 4 is 17.3 Å². The molecule has 2 fully saturated rings. The number of carbonyl (C=O) groups is 1. The molecule has 2 aliphatic heterocycles. The smallest absolute Gasteiger partial charge is 0.382 e. The number of benzene rings is 2. The maximum absolute atomic E-state index is 13.3. The van der Waals surface area contributed by atoms with Crippen LogP contribution in [0.15, 0.2) is 42.5 Å². The van der Waals surface area contributed by atoms with Crippen molar-refractivity contribution in [3.63, 3.8) is 0 Å². The minimum atomic E-state index is -4.81. The number of aryl methyl sites for hydroxylation is 1. The predicted octanol–water partition coefficient (Wildman–Crippen LogP) is 6.24. The minimum Gasteiger partial charge on any atom is -0.382 e. The van der Waals surface area contributed by atoms with Crippen molar-refractivity contribution in [3.8, 4) is 0 Å². The maximum Gasteiger partial charge on any atom is 0.423 e. The summed E-state index contributed by atoms with van der Waals surface area (Å²) in [6, 6.07) is 11.9. The molecule has 0 radical (unpaired) electrons. The topological polar surface area (TPSA) is 78.7 Å². The number of hydrogen-bond donors (Lipinski definition) is 1. The van der Waals surface area contributed by atoms with Crippen LogP contribution in [-0.4, -0.2) is 59.4 Å². The Morgan fingerprint density at radius 1 is 1.03 bits per heavy atom. The van der Waals surface area contributed by atoms with Gasteiger partial charge in [0.1, 0.15) is 5.56 Å². The zero-order chi connectivity index (χ0) is 28.0. The summed E-state index contributed by atoms with van der Waals surface area (Å²) in [4.78, 5) is 27.0. The Bertz CT molecular complexity index is 1120. The summed E-state index contributed by atoms with van der Waals surface area (Å²) in [5, 5.41) is 14.0. The van der Waals surface area contributed by atoms with E-state index in [1.54, 1.807) is 0 Å². The first-order valence-electron chi connectivity index (χ1n) is 13.8. The van der Waals surface area contributed by atoms with E-state index in [4.69, 9.17) is 0 Å². The first-order chi connectivity index (χ1) is 18.6. The Hall–Kier alpha value is -3.14. The van der Waals surface area contributed by atoms with Gasteiger partial charge in [-0.2, -0.15) is 13.2 Å². The molecule has 0 spiro atoms. The molecule has 0 unspecified atom stereocenters. The number of likely N-dealkylation sites (tertiary alicyclic amines) is 2. The van der Waals surface area contributed by atoms with Crippen molar-refractivity contribution in [1.29, 1.82) is 0 Å². The third-order valence-corrected chi connectivity index (χ3v) is 7.94. The normalized spacial score (nSPS) is 17.8. The van der Waals surface area contributed by atoms with E-state index in [9.17, 15) is 28.1 Å². The molecule has 2 aromatic carbocycles. The summed E-state index contributed by atoms with van der Waals surface area (Å²) in [7, 11) is 0. The van der Waals surface area contributed by atoms with Gasteiger partial charge >= 0.3 is 6.18 Å². The Morgan fingerprint density at radius 2 is 1.69 bits per heavy atom. The number of hydrogen-bond acceptors (Lipinski definition) is 5. The standard InChI is InChI=1S/C29H37F3N4O3/c1-2-3-21-4-6-22(7-5-21)23-10-15-34(16-11-23)17-14-28(37)35-18-12-24(13-19-35)33-25-8-9-27(36(38)39)26(20-25)29(30,31)32/h4-9,20,23-24,33H,2-3,10-19H2,1H3. The Morgan fingerprint density at radius 3 is 2.28 bits per heavy atom. The van der Waals surface area contributed by atoms with Crippen molar-refractivity contribution < 1.29 is 22.9 Å². The molecule has 212 valence electrons. The van der Waals surface area contributed by atoms with Crippen LogP contribution in [0.2, 0.25) is 0 Å². The van der Waals surface area contributed by atoms with E-state index >= 15 is 0 Å². The lowest BCUT2D eigenvalue weighted by molar-refractivity contribution is -0.388. The molecule has 0 aliphatic carbocycles. The quantitative estimate of drug-likeness (QED) is 0.298. The monoisotopic (exact) mass is 546 g/mol. The third-order valence-electron chi connectivity index (χ3n) is 7.94. The number of alkyl halides is 3. The lowest BCUT2D eigenvalue weighted by Gasteiger charge is -2.35. The number of piperidine rings is 2. The van der Waals surface area contributed by atoms with Gasteiger partial charge in [-0.05, 0) is 74.4 Å². The molecular formula is C29H37F3N4O3. The average Bonchev–Trinajstić information content (AvgIpc) is 2.92. The van der Waals surface area contributed by atoms with Gasteiger partial charge in [0.05, 0.1) is 4.92 Å². The van der Waals surface area contributed by atoms with Gasteiger partial charge in [-0.15, -0.1) is 0 Å². The van der Waals surface area contributed by atoms with Gasteiger partial charge in [0, 0.05) is 43.9 Å². The average molecular weight is 547 g/mol. The zero-order valence-electron chi connectivity index (χ0n) is 22.4. The second kappa shape index (κ2) is 12.8. The summed E-state index contributed by atoms with van der Waals surface area (Å²) >= 11 is 0. The van der Waals surface area contributed by atoms with Crippen molar-refractivity contribution in [2.45, 2.75) is 70.0 Å². The zero-order valence-corrected chi connectivity index (χ0v) is 22.4. The summed E-state index contributed by atoms with van der Waals surface area (Å²) in [6.45, 7) is 5.96. The summed E-state index contributed by atoms with van der Waals surface area (Å²) < 4.78 is 39.8. The Balaban J connectivity index is 1.19. The van der Waals surface area contributed by atoms with Crippen molar-refractivity contribution in [2.75, 3.05) is 38.0 Å². The molecular weight excluding hydrogens is 509 g/mol. The van der Waals surface area contributed by atoms with E-state index in [-0.39, 0.29) is 17.6 Å². The van der Waals surface area contributed by atoms with Crippen LogP contribution in [-0.2, 0) is 17.4 Å². The summed E-state index contributed by atoms with van der Waals surface area (Å²) in [5.41, 5.74) is 0.764. The predicted molar refractivity (Wildman–Crippen MR) is 145 cm³/mol. The molecule has 4 rings (SSSR count). The number of nitrogens with zero attached hydrogens (tertiary/aromatic N) is 3.